The Morgan fingerprint density at radius 3 is 2.82 bits per heavy atom. The van der Waals surface area contributed by atoms with Crippen molar-refractivity contribution in [2.75, 3.05) is 12.3 Å². The lowest BCUT2D eigenvalue weighted by atomic mass is 10.1. The summed E-state index contributed by atoms with van der Waals surface area (Å²) in [6.07, 6.45) is 0.980. The minimum absolute atomic E-state index is 0.646. The number of nitrogens with two attached hydrogens (primary N) is 1. The first-order valence-electron chi connectivity index (χ1n) is 5.90. The van der Waals surface area contributed by atoms with E-state index in [9.17, 15) is 0 Å². The van der Waals surface area contributed by atoms with Crippen molar-refractivity contribution in [3.8, 4) is 5.69 Å². The second-order valence-corrected chi connectivity index (χ2v) is 4.48. The molecule has 3 rings (SSSR count). The molecule has 0 unspecified atom stereocenters. The van der Waals surface area contributed by atoms with Gasteiger partial charge < -0.3 is 11.1 Å². The number of benzene rings is 1. The third kappa shape index (κ3) is 1.70. The Kier molecular flexibility index (Phi) is 2.37. The Morgan fingerprint density at radius 1 is 1.29 bits per heavy atom. The maximum absolute atomic E-state index is 5.96. The Balaban J connectivity index is 2.11. The summed E-state index contributed by atoms with van der Waals surface area (Å²) < 4.78 is 1.98. The summed E-state index contributed by atoms with van der Waals surface area (Å²) in [7, 11) is 0. The molecule has 2 heterocycles. The second-order valence-electron chi connectivity index (χ2n) is 4.48. The first-order chi connectivity index (χ1) is 8.25. The van der Waals surface area contributed by atoms with Gasteiger partial charge in [-0.3, -0.25) is 0 Å². The fourth-order valence-corrected chi connectivity index (χ4v) is 2.27. The molecule has 0 saturated carbocycles. The van der Waals surface area contributed by atoms with Crippen molar-refractivity contribution in [2.45, 2.75) is 19.9 Å². The average Bonchev–Trinajstić information content (AvgIpc) is 2.69. The SMILES string of the molecule is Cc1ccc(-n2nc(N)c3c2CCNC3)cc1. The van der Waals surface area contributed by atoms with E-state index in [4.69, 9.17) is 5.73 Å². The van der Waals surface area contributed by atoms with Crippen LogP contribution >= 0.6 is 0 Å². The monoisotopic (exact) mass is 228 g/mol. The number of nitrogens with one attached hydrogen (secondary N) is 1. The van der Waals surface area contributed by atoms with Crippen LogP contribution in [0, 0.1) is 6.92 Å². The first-order valence-corrected chi connectivity index (χ1v) is 5.90. The Morgan fingerprint density at radius 2 is 2.06 bits per heavy atom. The minimum Gasteiger partial charge on any atom is -0.382 e. The molecule has 0 aliphatic carbocycles. The predicted octanol–water partition coefficient (Wildman–Crippen LogP) is 1.41. The number of hydrogen-bond donors (Lipinski definition) is 2. The summed E-state index contributed by atoms with van der Waals surface area (Å²) >= 11 is 0. The minimum atomic E-state index is 0.646. The molecule has 3 N–H and O–H groups in total. The van der Waals surface area contributed by atoms with Crippen LogP contribution in [0.2, 0.25) is 0 Å². The van der Waals surface area contributed by atoms with Crippen LogP contribution in [0.3, 0.4) is 0 Å². The van der Waals surface area contributed by atoms with Crippen LogP contribution in [-0.2, 0) is 13.0 Å². The Bertz CT molecular complexity index is 539. The highest BCUT2D eigenvalue weighted by molar-refractivity contribution is 5.48. The summed E-state index contributed by atoms with van der Waals surface area (Å²) in [6, 6.07) is 8.37. The predicted molar refractivity (Wildman–Crippen MR) is 68.1 cm³/mol. The van der Waals surface area contributed by atoms with E-state index in [2.05, 4.69) is 41.6 Å². The number of fused-ring (bicyclic) bond motifs is 1. The van der Waals surface area contributed by atoms with Gasteiger partial charge >= 0.3 is 0 Å². The van der Waals surface area contributed by atoms with Gasteiger partial charge in [-0.2, -0.15) is 5.10 Å². The quantitative estimate of drug-likeness (QED) is 0.776. The fraction of sp³-hybridized carbons (Fsp3) is 0.308. The standard InChI is InChI=1S/C13H16N4/c1-9-2-4-10(5-3-9)17-12-6-7-15-8-11(12)13(14)16-17/h2-5,15H,6-8H2,1H3,(H2,14,16). The highest BCUT2D eigenvalue weighted by Crippen LogP contribution is 2.23. The summed E-state index contributed by atoms with van der Waals surface area (Å²) in [6.45, 7) is 3.90. The molecule has 1 aliphatic rings. The average molecular weight is 228 g/mol. The lowest BCUT2D eigenvalue weighted by Gasteiger charge is -2.15. The van der Waals surface area contributed by atoms with Gasteiger partial charge in [-0.1, -0.05) is 17.7 Å². The van der Waals surface area contributed by atoms with Crippen molar-refractivity contribution in [2.24, 2.45) is 0 Å². The zero-order valence-corrected chi connectivity index (χ0v) is 9.90. The molecule has 0 bridgehead atoms. The van der Waals surface area contributed by atoms with Crippen LogP contribution in [0.5, 0.6) is 0 Å². The van der Waals surface area contributed by atoms with Gasteiger partial charge in [0, 0.05) is 25.1 Å². The van der Waals surface area contributed by atoms with Crippen molar-refractivity contribution in [1.82, 2.24) is 15.1 Å². The van der Waals surface area contributed by atoms with Crippen LogP contribution in [0.15, 0.2) is 24.3 Å². The van der Waals surface area contributed by atoms with Gasteiger partial charge in [-0.25, -0.2) is 4.68 Å². The molecule has 0 radical (unpaired) electrons. The molecule has 0 saturated heterocycles. The number of nitrogens with zero attached hydrogens (tertiary/aromatic N) is 2. The second kappa shape index (κ2) is 3.89. The van der Waals surface area contributed by atoms with Crippen LogP contribution in [-0.4, -0.2) is 16.3 Å². The lowest BCUT2D eigenvalue weighted by Crippen LogP contribution is -2.24. The molecule has 17 heavy (non-hydrogen) atoms. The van der Waals surface area contributed by atoms with E-state index >= 15 is 0 Å². The van der Waals surface area contributed by atoms with E-state index in [0.29, 0.717) is 5.82 Å². The van der Waals surface area contributed by atoms with Gasteiger partial charge in [-0.05, 0) is 19.1 Å². The molecule has 2 aromatic rings. The number of aryl methyl sites for hydroxylation is 1. The molecule has 0 spiro atoms. The van der Waals surface area contributed by atoms with Crippen molar-refractivity contribution in [3.63, 3.8) is 0 Å². The van der Waals surface area contributed by atoms with Crippen LogP contribution < -0.4 is 11.1 Å². The third-order valence-electron chi connectivity index (χ3n) is 3.24. The maximum atomic E-state index is 5.96. The van der Waals surface area contributed by atoms with E-state index < -0.39 is 0 Å². The van der Waals surface area contributed by atoms with Crippen molar-refractivity contribution < 1.29 is 0 Å². The summed E-state index contributed by atoms with van der Waals surface area (Å²) in [5, 5.41) is 7.77. The van der Waals surface area contributed by atoms with Crippen LogP contribution in [0.4, 0.5) is 5.82 Å². The topological polar surface area (TPSA) is 55.9 Å². The van der Waals surface area contributed by atoms with Gasteiger partial charge in [0.05, 0.1) is 11.4 Å². The normalized spacial score (nSPS) is 14.6. The largest absolute Gasteiger partial charge is 0.382 e. The summed E-state index contributed by atoms with van der Waals surface area (Å²) in [5.74, 6) is 0.646. The van der Waals surface area contributed by atoms with E-state index in [0.717, 1.165) is 30.8 Å². The molecule has 0 amide bonds. The molecular formula is C13H16N4. The Hall–Kier alpha value is -1.81. The zero-order valence-electron chi connectivity index (χ0n) is 9.90. The van der Waals surface area contributed by atoms with E-state index in [1.807, 2.05) is 4.68 Å². The van der Waals surface area contributed by atoms with E-state index in [-0.39, 0.29) is 0 Å². The molecule has 1 aromatic heterocycles. The van der Waals surface area contributed by atoms with Crippen LogP contribution in [0.1, 0.15) is 16.8 Å². The summed E-state index contributed by atoms with van der Waals surface area (Å²) in [4.78, 5) is 0. The molecule has 0 fully saturated rings. The molecule has 0 atom stereocenters. The maximum Gasteiger partial charge on any atom is 0.150 e. The third-order valence-corrected chi connectivity index (χ3v) is 3.24. The van der Waals surface area contributed by atoms with Gasteiger partial charge in [-0.15, -0.1) is 0 Å². The van der Waals surface area contributed by atoms with Crippen molar-refractivity contribution in [3.05, 3.63) is 41.1 Å². The number of anilines is 1. The number of hydrogen-bond acceptors (Lipinski definition) is 3. The smallest absolute Gasteiger partial charge is 0.150 e. The van der Waals surface area contributed by atoms with Gasteiger partial charge in [0.15, 0.2) is 5.82 Å². The van der Waals surface area contributed by atoms with Gasteiger partial charge in [0.1, 0.15) is 0 Å². The fourth-order valence-electron chi connectivity index (χ4n) is 2.27. The highest BCUT2D eigenvalue weighted by atomic mass is 15.3. The number of nitrogen functional groups attached to an aromatic ring is 1. The number of rotatable bonds is 1. The highest BCUT2D eigenvalue weighted by Gasteiger charge is 2.19. The van der Waals surface area contributed by atoms with Gasteiger partial charge in [0.25, 0.3) is 0 Å². The van der Waals surface area contributed by atoms with Crippen molar-refractivity contribution in [1.29, 1.82) is 0 Å². The molecule has 4 heteroatoms. The first kappa shape index (κ1) is 10.4. The number of aromatic nitrogens is 2. The molecule has 4 nitrogen and oxygen atoms in total. The zero-order chi connectivity index (χ0) is 11.8. The molecule has 1 aromatic carbocycles. The van der Waals surface area contributed by atoms with E-state index in [1.165, 1.54) is 11.3 Å². The Labute approximate surface area is 100 Å². The van der Waals surface area contributed by atoms with Gasteiger partial charge in [0.2, 0.25) is 0 Å². The van der Waals surface area contributed by atoms with E-state index in [1.54, 1.807) is 0 Å². The molecule has 1 aliphatic heterocycles. The summed E-state index contributed by atoms with van der Waals surface area (Å²) in [5.41, 5.74) is 10.7. The molecular weight excluding hydrogens is 212 g/mol. The molecule has 88 valence electrons. The van der Waals surface area contributed by atoms with Crippen molar-refractivity contribution >= 4 is 5.82 Å². The lowest BCUT2D eigenvalue weighted by molar-refractivity contribution is 0.623. The van der Waals surface area contributed by atoms with Crippen LogP contribution in [0.25, 0.3) is 5.69 Å².